The lowest BCUT2D eigenvalue weighted by Crippen LogP contribution is -1.91. The summed E-state index contributed by atoms with van der Waals surface area (Å²) in [6.07, 6.45) is 0. The molecule has 0 atom stereocenters. The molecule has 0 fully saturated rings. The van der Waals surface area contributed by atoms with Crippen LogP contribution in [0.25, 0.3) is 43.1 Å². The highest BCUT2D eigenvalue weighted by Gasteiger charge is 2.17. The number of nitrogens with zero attached hydrogens (tertiary/aromatic N) is 1. The first-order valence-electron chi connectivity index (χ1n) is 8.23. The first-order chi connectivity index (χ1) is 12.6. The van der Waals surface area contributed by atoms with Gasteiger partial charge in [0, 0.05) is 0 Å². The molecule has 124 valence electrons. The van der Waals surface area contributed by atoms with Gasteiger partial charge in [-0.2, -0.15) is 0 Å². The van der Waals surface area contributed by atoms with E-state index < -0.39 is 4.92 Å². The van der Waals surface area contributed by atoms with Crippen LogP contribution < -0.4 is 0 Å². The quantitative estimate of drug-likeness (QED) is 0.187. The zero-order chi connectivity index (χ0) is 17.8. The van der Waals surface area contributed by atoms with Gasteiger partial charge in [0.05, 0.1) is 10.3 Å². The van der Waals surface area contributed by atoms with Crippen molar-refractivity contribution in [2.45, 2.75) is 0 Å². The van der Waals surface area contributed by atoms with Crippen LogP contribution in [0.3, 0.4) is 0 Å². The van der Waals surface area contributed by atoms with Gasteiger partial charge < -0.3 is 0 Å². The standard InChI is InChI=1S/C22H12ClNO2/c23-21-6-5-15-9-18-10-16-7-13-3-1-2-4-14(13)8-17(16)11-19(18)12-20(15)22(21)24(25)26/h1-12H. The van der Waals surface area contributed by atoms with Crippen molar-refractivity contribution in [3.05, 3.63) is 87.9 Å². The summed E-state index contributed by atoms with van der Waals surface area (Å²) in [6.45, 7) is 0. The lowest BCUT2D eigenvalue weighted by molar-refractivity contribution is -0.382. The average molecular weight is 358 g/mol. The Bertz CT molecular complexity index is 1380. The van der Waals surface area contributed by atoms with Crippen molar-refractivity contribution in [1.82, 2.24) is 0 Å². The van der Waals surface area contributed by atoms with Crippen LogP contribution in [-0.2, 0) is 0 Å². The molecule has 0 saturated heterocycles. The number of benzene rings is 5. The van der Waals surface area contributed by atoms with E-state index in [-0.39, 0.29) is 10.7 Å². The lowest BCUT2D eigenvalue weighted by Gasteiger charge is -2.08. The average Bonchev–Trinajstić information content (AvgIpc) is 2.62. The molecule has 0 radical (unpaired) electrons. The van der Waals surface area contributed by atoms with Crippen molar-refractivity contribution in [2.75, 3.05) is 0 Å². The Kier molecular flexibility index (Phi) is 3.15. The molecule has 0 unspecified atom stereocenters. The second kappa shape index (κ2) is 5.41. The van der Waals surface area contributed by atoms with E-state index in [1.807, 2.05) is 30.3 Å². The van der Waals surface area contributed by atoms with E-state index in [0.717, 1.165) is 26.9 Å². The highest BCUT2D eigenvalue weighted by Crippen LogP contribution is 2.36. The molecule has 0 aliphatic carbocycles. The molecule has 0 aliphatic heterocycles. The van der Waals surface area contributed by atoms with Crippen molar-refractivity contribution >= 4 is 60.4 Å². The van der Waals surface area contributed by atoms with Crippen molar-refractivity contribution in [3.63, 3.8) is 0 Å². The molecule has 0 N–H and O–H groups in total. The fraction of sp³-hybridized carbons (Fsp3) is 0. The molecule has 0 aliphatic rings. The van der Waals surface area contributed by atoms with Gasteiger partial charge in [-0.15, -0.1) is 0 Å². The largest absolute Gasteiger partial charge is 0.295 e. The predicted molar refractivity (Wildman–Crippen MR) is 108 cm³/mol. The Labute approximate surface area is 153 Å². The molecule has 4 heteroatoms. The lowest BCUT2D eigenvalue weighted by atomic mass is 9.97. The van der Waals surface area contributed by atoms with Gasteiger partial charge in [0.2, 0.25) is 0 Å². The molecular weight excluding hydrogens is 346 g/mol. The monoisotopic (exact) mass is 357 g/mol. The minimum absolute atomic E-state index is 0.0373. The summed E-state index contributed by atoms with van der Waals surface area (Å²) in [5.74, 6) is 0. The number of hydrogen-bond acceptors (Lipinski definition) is 2. The highest BCUT2D eigenvalue weighted by molar-refractivity contribution is 6.34. The molecule has 5 aromatic rings. The van der Waals surface area contributed by atoms with E-state index in [0.29, 0.717) is 5.39 Å². The molecule has 0 amide bonds. The molecule has 0 bridgehead atoms. The molecule has 0 heterocycles. The first-order valence-corrected chi connectivity index (χ1v) is 8.61. The Hall–Kier alpha value is -3.17. The molecule has 0 saturated carbocycles. The van der Waals surface area contributed by atoms with Crippen molar-refractivity contribution in [3.8, 4) is 0 Å². The number of nitro benzene ring substituents is 1. The number of nitro groups is 1. The van der Waals surface area contributed by atoms with Crippen LogP contribution in [0.5, 0.6) is 0 Å². The van der Waals surface area contributed by atoms with Gasteiger partial charge in [-0.3, -0.25) is 10.1 Å². The Morgan fingerprint density at radius 1 is 0.654 bits per heavy atom. The maximum Gasteiger partial charge on any atom is 0.295 e. The summed E-state index contributed by atoms with van der Waals surface area (Å²) < 4.78 is 0. The summed E-state index contributed by atoms with van der Waals surface area (Å²) in [7, 11) is 0. The summed E-state index contributed by atoms with van der Waals surface area (Å²) in [5.41, 5.74) is -0.0373. The number of fused-ring (bicyclic) bond motifs is 4. The van der Waals surface area contributed by atoms with E-state index in [1.54, 1.807) is 6.07 Å². The van der Waals surface area contributed by atoms with Crippen molar-refractivity contribution in [2.24, 2.45) is 0 Å². The van der Waals surface area contributed by atoms with E-state index in [2.05, 4.69) is 36.4 Å². The minimum Gasteiger partial charge on any atom is -0.258 e. The zero-order valence-corrected chi connectivity index (χ0v) is 14.3. The third kappa shape index (κ3) is 2.21. The van der Waals surface area contributed by atoms with Gasteiger partial charge in [-0.25, -0.2) is 0 Å². The fourth-order valence-electron chi connectivity index (χ4n) is 3.66. The Morgan fingerprint density at radius 3 is 1.73 bits per heavy atom. The maximum atomic E-state index is 11.5. The van der Waals surface area contributed by atoms with Gasteiger partial charge in [0.15, 0.2) is 0 Å². The minimum atomic E-state index is -0.412. The summed E-state index contributed by atoms with van der Waals surface area (Å²) in [5, 5.41) is 19.6. The zero-order valence-electron chi connectivity index (χ0n) is 13.6. The van der Waals surface area contributed by atoms with Crippen molar-refractivity contribution < 1.29 is 4.92 Å². The Balaban J connectivity index is 1.90. The van der Waals surface area contributed by atoms with Crippen LogP contribution >= 0.6 is 11.6 Å². The fourth-order valence-corrected chi connectivity index (χ4v) is 3.89. The molecular formula is C22H12ClNO2. The number of rotatable bonds is 1. The molecule has 0 aromatic heterocycles. The van der Waals surface area contributed by atoms with Crippen LogP contribution in [0.2, 0.25) is 5.02 Å². The Morgan fingerprint density at radius 2 is 1.15 bits per heavy atom. The highest BCUT2D eigenvalue weighted by atomic mass is 35.5. The molecule has 3 nitrogen and oxygen atoms in total. The van der Waals surface area contributed by atoms with Crippen LogP contribution in [-0.4, -0.2) is 4.92 Å². The molecule has 26 heavy (non-hydrogen) atoms. The van der Waals surface area contributed by atoms with Crippen molar-refractivity contribution in [1.29, 1.82) is 0 Å². The van der Waals surface area contributed by atoms with Crippen LogP contribution in [0, 0.1) is 10.1 Å². The van der Waals surface area contributed by atoms with E-state index in [9.17, 15) is 10.1 Å². The third-order valence-electron chi connectivity index (χ3n) is 4.90. The molecule has 5 aromatic carbocycles. The van der Waals surface area contributed by atoms with Crippen LogP contribution in [0.15, 0.2) is 72.8 Å². The van der Waals surface area contributed by atoms with Gasteiger partial charge in [0.1, 0.15) is 5.02 Å². The summed E-state index contributed by atoms with van der Waals surface area (Å²) in [6, 6.07) is 24.1. The van der Waals surface area contributed by atoms with Gasteiger partial charge in [-0.05, 0) is 80.2 Å². The maximum absolute atomic E-state index is 11.5. The molecule has 0 spiro atoms. The van der Waals surface area contributed by atoms with E-state index in [1.165, 1.54) is 10.8 Å². The normalized spacial score (nSPS) is 11.6. The topological polar surface area (TPSA) is 43.1 Å². The molecule has 5 rings (SSSR count). The van der Waals surface area contributed by atoms with Crippen LogP contribution in [0.4, 0.5) is 5.69 Å². The SMILES string of the molecule is O=[N+]([O-])c1c(Cl)ccc2cc3cc4cc5ccccc5cc4cc3cc12. The summed E-state index contributed by atoms with van der Waals surface area (Å²) >= 11 is 6.07. The van der Waals surface area contributed by atoms with E-state index >= 15 is 0 Å². The van der Waals surface area contributed by atoms with E-state index in [4.69, 9.17) is 11.6 Å². The first kappa shape index (κ1) is 15.1. The second-order valence-corrected chi connectivity index (χ2v) is 6.88. The van der Waals surface area contributed by atoms with Gasteiger partial charge in [-0.1, -0.05) is 41.9 Å². The van der Waals surface area contributed by atoms with Gasteiger partial charge >= 0.3 is 0 Å². The summed E-state index contributed by atoms with van der Waals surface area (Å²) in [4.78, 5) is 11.0. The predicted octanol–water partition coefficient (Wildman–Crippen LogP) is 6.86. The van der Waals surface area contributed by atoms with Gasteiger partial charge in [0.25, 0.3) is 5.69 Å². The number of halogens is 1. The second-order valence-electron chi connectivity index (χ2n) is 6.47. The number of hydrogen-bond donors (Lipinski definition) is 0. The van der Waals surface area contributed by atoms with Crippen LogP contribution in [0.1, 0.15) is 0 Å². The smallest absolute Gasteiger partial charge is 0.258 e. The third-order valence-corrected chi connectivity index (χ3v) is 5.21.